The van der Waals surface area contributed by atoms with Crippen molar-refractivity contribution in [2.45, 2.75) is 17.7 Å². The molecule has 0 N–H and O–H groups in total. The second-order valence-electron chi connectivity index (χ2n) is 3.94. The summed E-state index contributed by atoms with van der Waals surface area (Å²) in [6.45, 7) is 3.75. The van der Waals surface area contributed by atoms with Crippen molar-refractivity contribution < 1.29 is 19.1 Å². The Kier molecular flexibility index (Phi) is 7.50. The third-order valence-electron chi connectivity index (χ3n) is 2.49. The highest BCUT2D eigenvalue weighted by molar-refractivity contribution is 7.99. The molecule has 0 aromatic heterocycles. The van der Waals surface area contributed by atoms with Crippen LogP contribution in [0.2, 0.25) is 0 Å². The van der Waals surface area contributed by atoms with Crippen LogP contribution in [0.1, 0.15) is 23.2 Å². The fourth-order valence-electron chi connectivity index (χ4n) is 1.43. The highest BCUT2D eigenvalue weighted by Gasteiger charge is 2.04. The molecule has 1 aromatic rings. The van der Waals surface area contributed by atoms with E-state index in [1.54, 1.807) is 23.9 Å². The van der Waals surface area contributed by atoms with Crippen LogP contribution in [-0.4, -0.2) is 31.4 Å². The quantitative estimate of drug-likeness (QED) is 0.319. The largest absolute Gasteiger partial charge is 0.465 e. The lowest BCUT2D eigenvalue weighted by molar-refractivity contribution is -0.137. The molecule has 0 saturated heterocycles. The maximum Gasteiger partial charge on any atom is 0.337 e. The standard InChI is InChI=1S/C15H18O4S/c1-3-14(16)19-10-4-5-11-20-13-8-6-12(7-9-13)15(17)18-2/h3,6-9H,1,4-5,10-11H2,2H3. The van der Waals surface area contributed by atoms with E-state index in [2.05, 4.69) is 11.3 Å². The Labute approximate surface area is 123 Å². The van der Waals surface area contributed by atoms with Crippen molar-refractivity contribution in [3.05, 3.63) is 42.5 Å². The molecule has 1 aromatic carbocycles. The van der Waals surface area contributed by atoms with Crippen molar-refractivity contribution in [3.63, 3.8) is 0 Å². The van der Waals surface area contributed by atoms with Gasteiger partial charge in [0.15, 0.2) is 0 Å². The van der Waals surface area contributed by atoms with Crippen molar-refractivity contribution >= 4 is 23.7 Å². The summed E-state index contributed by atoms with van der Waals surface area (Å²) < 4.78 is 9.52. The van der Waals surface area contributed by atoms with Crippen LogP contribution in [0.5, 0.6) is 0 Å². The average Bonchev–Trinajstić information content (AvgIpc) is 2.50. The highest BCUT2D eigenvalue weighted by Crippen LogP contribution is 2.20. The van der Waals surface area contributed by atoms with Crippen LogP contribution in [0.4, 0.5) is 0 Å². The van der Waals surface area contributed by atoms with Crippen LogP contribution in [0.25, 0.3) is 0 Å². The van der Waals surface area contributed by atoms with Gasteiger partial charge in [-0.05, 0) is 42.9 Å². The number of carbonyl (C=O) groups is 2. The number of benzene rings is 1. The third kappa shape index (κ3) is 5.93. The molecule has 20 heavy (non-hydrogen) atoms. The molecular formula is C15H18O4S. The van der Waals surface area contributed by atoms with Gasteiger partial charge in [0.1, 0.15) is 0 Å². The van der Waals surface area contributed by atoms with Gasteiger partial charge in [0.05, 0.1) is 19.3 Å². The van der Waals surface area contributed by atoms with Crippen LogP contribution < -0.4 is 0 Å². The SMILES string of the molecule is C=CC(=O)OCCCCSc1ccc(C(=O)OC)cc1. The second-order valence-corrected chi connectivity index (χ2v) is 5.11. The Morgan fingerprint density at radius 1 is 1.25 bits per heavy atom. The second kappa shape index (κ2) is 9.20. The Morgan fingerprint density at radius 2 is 1.95 bits per heavy atom. The van der Waals surface area contributed by atoms with Gasteiger partial charge in [0.2, 0.25) is 0 Å². The lowest BCUT2D eigenvalue weighted by Crippen LogP contribution is -2.02. The molecule has 4 nitrogen and oxygen atoms in total. The van der Waals surface area contributed by atoms with Crippen LogP contribution in [0.3, 0.4) is 0 Å². The summed E-state index contributed by atoms with van der Waals surface area (Å²) in [6, 6.07) is 7.30. The number of rotatable bonds is 8. The normalized spacial score (nSPS) is 9.85. The molecule has 0 radical (unpaired) electrons. The summed E-state index contributed by atoms with van der Waals surface area (Å²) in [6.07, 6.45) is 2.94. The molecule has 0 aliphatic heterocycles. The number of methoxy groups -OCH3 is 1. The van der Waals surface area contributed by atoms with Gasteiger partial charge in [0.25, 0.3) is 0 Å². The predicted octanol–water partition coefficient (Wildman–Crippen LogP) is 3.07. The lowest BCUT2D eigenvalue weighted by Gasteiger charge is -2.04. The molecule has 0 amide bonds. The number of unbranched alkanes of at least 4 members (excludes halogenated alkanes) is 1. The van der Waals surface area contributed by atoms with Crippen molar-refractivity contribution in [2.24, 2.45) is 0 Å². The first-order chi connectivity index (χ1) is 9.67. The van der Waals surface area contributed by atoms with Gasteiger partial charge in [0, 0.05) is 11.0 Å². The van der Waals surface area contributed by atoms with Gasteiger partial charge in [-0.3, -0.25) is 0 Å². The summed E-state index contributed by atoms with van der Waals surface area (Å²) in [7, 11) is 1.37. The zero-order chi connectivity index (χ0) is 14.8. The summed E-state index contributed by atoms with van der Waals surface area (Å²) >= 11 is 1.70. The molecule has 0 unspecified atom stereocenters. The third-order valence-corrected chi connectivity index (χ3v) is 3.59. The minimum absolute atomic E-state index is 0.328. The molecule has 0 saturated carbocycles. The van der Waals surface area contributed by atoms with Crippen LogP contribution in [-0.2, 0) is 14.3 Å². The van der Waals surface area contributed by atoms with Crippen LogP contribution >= 0.6 is 11.8 Å². The Bertz CT molecular complexity index is 453. The van der Waals surface area contributed by atoms with E-state index >= 15 is 0 Å². The Balaban J connectivity index is 2.20. The fourth-order valence-corrected chi connectivity index (χ4v) is 2.34. The summed E-state index contributed by atoms with van der Waals surface area (Å²) in [4.78, 5) is 23.2. The maximum atomic E-state index is 11.3. The van der Waals surface area contributed by atoms with Crippen molar-refractivity contribution in [1.29, 1.82) is 0 Å². The fraction of sp³-hybridized carbons (Fsp3) is 0.333. The molecule has 0 heterocycles. The van der Waals surface area contributed by atoms with Crippen LogP contribution in [0.15, 0.2) is 41.8 Å². The topological polar surface area (TPSA) is 52.6 Å². The Hall–Kier alpha value is -1.75. The van der Waals surface area contributed by atoms with Crippen molar-refractivity contribution in [1.82, 2.24) is 0 Å². The van der Waals surface area contributed by atoms with Gasteiger partial charge in [-0.25, -0.2) is 9.59 Å². The molecule has 0 bridgehead atoms. The molecule has 0 spiro atoms. The van der Waals surface area contributed by atoms with Gasteiger partial charge in [-0.15, -0.1) is 11.8 Å². The molecule has 0 aliphatic rings. The zero-order valence-corrected chi connectivity index (χ0v) is 12.3. The zero-order valence-electron chi connectivity index (χ0n) is 11.5. The van der Waals surface area contributed by atoms with Gasteiger partial charge >= 0.3 is 11.9 Å². The van der Waals surface area contributed by atoms with Crippen LogP contribution in [0, 0.1) is 0 Å². The predicted molar refractivity (Wildman–Crippen MR) is 78.9 cm³/mol. The molecule has 1 rings (SSSR count). The van der Waals surface area contributed by atoms with E-state index in [9.17, 15) is 9.59 Å². The maximum absolute atomic E-state index is 11.3. The smallest absolute Gasteiger partial charge is 0.337 e. The molecule has 0 fully saturated rings. The van der Waals surface area contributed by atoms with E-state index < -0.39 is 0 Å². The summed E-state index contributed by atoms with van der Waals surface area (Å²) in [5.41, 5.74) is 0.549. The summed E-state index contributed by atoms with van der Waals surface area (Å²) in [5.74, 6) is 0.227. The number of hydrogen-bond acceptors (Lipinski definition) is 5. The van der Waals surface area contributed by atoms with E-state index in [0.717, 1.165) is 29.6 Å². The number of ether oxygens (including phenoxy) is 2. The highest BCUT2D eigenvalue weighted by atomic mass is 32.2. The number of thioether (sulfide) groups is 1. The van der Waals surface area contributed by atoms with E-state index in [1.807, 2.05) is 12.1 Å². The van der Waals surface area contributed by atoms with E-state index in [0.29, 0.717) is 12.2 Å². The minimum Gasteiger partial charge on any atom is -0.465 e. The first-order valence-electron chi connectivity index (χ1n) is 6.27. The van der Waals surface area contributed by atoms with Crippen molar-refractivity contribution in [3.8, 4) is 0 Å². The van der Waals surface area contributed by atoms with E-state index in [1.165, 1.54) is 7.11 Å². The molecule has 0 atom stereocenters. The number of hydrogen-bond donors (Lipinski definition) is 0. The molecular weight excluding hydrogens is 276 g/mol. The lowest BCUT2D eigenvalue weighted by atomic mass is 10.2. The molecule has 0 aliphatic carbocycles. The van der Waals surface area contributed by atoms with E-state index in [-0.39, 0.29) is 11.9 Å². The van der Waals surface area contributed by atoms with Gasteiger partial charge < -0.3 is 9.47 Å². The number of carbonyl (C=O) groups excluding carboxylic acids is 2. The first kappa shape index (κ1) is 16.3. The average molecular weight is 294 g/mol. The monoisotopic (exact) mass is 294 g/mol. The summed E-state index contributed by atoms with van der Waals surface area (Å²) in [5, 5.41) is 0. The first-order valence-corrected chi connectivity index (χ1v) is 7.26. The number of esters is 2. The van der Waals surface area contributed by atoms with Crippen molar-refractivity contribution in [2.75, 3.05) is 19.5 Å². The van der Waals surface area contributed by atoms with Gasteiger partial charge in [-0.2, -0.15) is 0 Å². The van der Waals surface area contributed by atoms with Gasteiger partial charge in [-0.1, -0.05) is 6.58 Å². The Morgan fingerprint density at radius 3 is 2.55 bits per heavy atom. The minimum atomic E-state index is -0.379. The van der Waals surface area contributed by atoms with E-state index in [4.69, 9.17) is 4.74 Å². The molecule has 5 heteroatoms. The molecule has 108 valence electrons.